The summed E-state index contributed by atoms with van der Waals surface area (Å²) in [6.45, 7) is 4.06. The summed E-state index contributed by atoms with van der Waals surface area (Å²) in [5.74, 6) is 1.19. The molecule has 0 aliphatic heterocycles. The van der Waals surface area contributed by atoms with E-state index in [-0.39, 0.29) is 11.6 Å². The Balaban J connectivity index is 1.79. The van der Waals surface area contributed by atoms with Gasteiger partial charge in [0.15, 0.2) is 0 Å². The van der Waals surface area contributed by atoms with Crippen molar-refractivity contribution in [2.45, 2.75) is 20.4 Å². The molecule has 0 unspecified atom stereocenters. The molecule has 2 heterocycles. The molecular formula is C19H19ClN4O3. The number of amides is 1. The van der Waals surface area contributed by atoms with E-state index >= 15 is 0 Å². The van der Waals surface area contributed by atoms with Crippen LogP contribution in [0.5, 0.6) is 5.75 Å². The van der Waals surface area contributed by atoms with Crippen molar-refractivity contribution in [3.05, 3.63) is 64.3 Å². The third kappa shape index (κ3) is 4.57. The van der Waals surface area contributed by atoms with Crippen LogP contribution in [-0.2, 0) is 6.54 Å². The molecule has 7 nitrogen and oxygen atoms in total. The molecule has 0 radical (unpaired) electrons. The molecule has 8 heteroatoms. The molecule has 3 aromatic rings. The van der Waals surface area contributed by atoms with Crippen LogP contribution < -0.4 is 15.4 Å². The van der Waals surface area contributed by atoms with Crippen LogP contribution in [0.15, 0.2) is 41.0 Å². The average molecular weight is 387 g/mol. The Morgan fingerprint density at radius 3 is 2.78 bits per heavy atom. The quantitative estimate of drug-likeness (QED) is 0.659. The van der Waals surface area contributed by atoms with Crippen molar-refractivity contribution in [3.8, 4) is 5.75 Å². The number of carbonyl (C=O) groups excluding carboxylic acids is 1. The second-order valence-corrected chi connectivity index (χ2v) is 6.31. The van der Waals surface area contributed by atoms with Gasteiger partial charge in [-0.3, -0.25) is 4.79 Å². The molecular weight excluding hydrogens is 368 g/mol. The van der Waals surface area contributed by atoms with Gasteiger partial charge in [-0.15, -0.1) is 0 Å². The van der Waals surface area contributed by atoms with Gasteiger partial charge in [-0.1, -0.05) is 11.6 Å². The number of hydrogen-bond acceptors (Lipinski definition) is 6. The zero-order valence-electron chi connectivity index (χ0n) is 15.2. The number of carbonyl (C=O) groups is 1. The number of aryl methyl sites for hydroxylation is 2. The van der Waals surface area contributed by atoms with E-state index < -0.39 is 0 Å². The van der Waals surface area contributed by atoms with Crippen LogP contribution in [0.4, 0.5) is 11.6 Å². The molecule has 27 heavy (non-hydrogen) atoms. The Bertz CT molecular complexity index is 958. The second-order valence-electron chi connectivity index (χ2n) is 5.91. The van der Waals surface area contributed by atoms with Gasteiger partial charge in [0.2, 0.25) is 5.95 Å². The van der Waals surface area contributed by atoms with Crippen molar-refractivity contribution in [1.82, 2.24) is 9.97 Å². The minimum atomic E-state index is -0.374. The highest BCUT2D eigenvalue weighted by Gasteiger charge is 2.15. The molecule has 2 N–H and O–H groups in total. The lowest BCUT2D eigenvalue weighted by atomic mass is 10.2. The number of nitrogens with one attached hydrogen (secondary N) is 2. The normalized spacial score (nSPS) is 10.5. The summed E-state index contributed by atoms with van der Waals surface area (Å²) in [4.78, 5) is 21.3. The smallest absolute Gasteiger partial charge is 0.274 e. The van der Waals surface area contributed by atoms with Gasteiger partial charge in [0.05, 0.1) is 25.6 Å². The Labute approximate surface area is 161 Å². The summed E-state index contributed by atoms with van der Waals surface area (Å²) in [5, 5.41) is 6.42. The summed E-state index contributed by atoms with van der Waals surface area (Å²) >= 11 is 6.11. The largest absolute Gasteiger partial charge is 0.495 e. The number of nitrogens with zero attached hydrogens (tertiary/aromatic N) is 2. The number of methoxy groups -OCH3 is 1. The van der Waals surface area contributed by atoms with E-state index in [9.17, 15) is 4.79 Å². The molecule has 0 atom stereocenters. The summed E-state index contributed by atoms with van der Waals surface area (Å²) in [6, 6.07) is 8.67. The first kappa shape index (κ1) is 18.7. The molecule has 1 amide bonds. The molecule has 0 saturated carbocycles. The predicted octanol–water partition coefficient (Wildman–Crippen LogP) is 4.21. The number of benzene rings is 1. The minimum absolute atomic E-state index is 0.235. The third-order valence-corrected chi connectivity index (χ3v) is 4.22. The molecule has 1 aromatic carbocycles. The summed E-state index contributed by atoms with van der Waals surface area (Å²) in [6.07, 6.45) is 1.59. The van der Waals surface area contributed by atoms with E-state index in [1.54, 1.807) is 37.5 Å². The highest BCUT2D eigenvalue weighted by molar-refractivity contribution is 6.31. The van der Waals surface area contributed by atoms with Crippen molar-refractivity contribution in [2.75, 3.05) is 17.7 Å². The molecule has 0 bridgehead atoms. The van der Waals surface area contributed by atoms with Gasteiger partial charge < -0.3 is 19.8 Å². The van der Waals surface area contributed by atoms with Crippen LogP contribution in [0.25, 0.3) is 0 Å². The van der Waals surface area contributed by atoms with Crippen LogP contribution in [0.3, 0.4) is 0 Å². The first-order valence-corrected chi connectivity index (χ1v) is 8.61. The first-order valence-electron chi connectivity index (χ1n) is 8.23. The van der Waals surface area contributed by atoms with Gasteiger partial charge in [0.1, 0.15) is 17.2 Å². The molecule has 0 aliphatic carbocycles. The number of rotatable bonds is 6. The van der Waals surface area contributed by atoms with Gasteiger partial charge in [0.25, 0.3) is 5.91 Å². The number of aromatic nitrogens is 2. The van der Waals surface area contributed by atoms with Gasteiger partial charge in [-0.25, -0.2) is 9.97 Å². The van der Waals surface area contributed by atoms with Crippen molar-refractivity contribution in [2.24, 2.45) is 0 Å². The van der Waals surface area contributed by atoms with Crippen LogP contribution >= 0.6 is 11.6 Å². The Kier molecular flexibility index (Phi) is 5.61. The molecule has 0 spiro atoms. The Morgan fingerprint density at radius 2 is 2.07 bits per heavy atom. The minimum Gasteiger partial charge on any atom is -0.495 e. The zero-order chi connectivity index (χ0) is 19.4. The monoisotopic (exact) mass is 386 g/mol. The number of anilines is 2. The van der Waals surface area contributed by atoms with Gasteiger partial charge in [-0.2, -0.15) is 0 Å². The average Bonchev–Trinajstić information content (AvgIpc) is 3.16. The maximum atomic E-state index is 12.7. The lowest BCUT2D eigenvalue weighted by Gasteiger charge is -2.13. The fraction of sp³-hybridized carbons (Fsp3) is 0.211. The molecule has 3 rings (SSSR count). The van der Waals surface area contributed by atoms with Crippen LogP contribution in [0, 0.1) is 13.8 Å². The van der Waals surface area contributed by atoms with Crippen molar-refractivity contribution < 1.29 is 13.9 Å². The lowest BCUT2D eigenvalue weighted by molar-refractivity contribution is 0.102. The standard InChI is InChI=1S/C19H19ClN4O3/c1-11-7-15(17(26-3)9-14(11)20)23-18(25)16-8-12(2)22-19(24-16)21-10-13-5-4-6-27-13/h4-9H,10H2,1-3H3,(H,23,25)(H,21,22,24). The second kappa shape index (κ2) is 8.09. The highest BCUT2D eigenvalue weighted by atomic mass is 35.5. The zero-order valence-corrected chi connectivity index (χ0v) is 15.9. The van der Waals surface area contributed by atoms with E-state index in [0.29, 0.717) is 34.6 Å². The van der Waals surface area contributed by atoms with Crippen molar-refractivity contribution in [3.63, 3.8) is 0 Å². The van der Waals surface area contributed by atoms with Crippen LogP contribution in [-0.4, -0.2) is 23.0 Å². The van der Waals surface area contributed by atoms with Gasteiger partial charge >= 0.3 is 0 Å². The number of furan rings is 1. The molecule has 0 aliphatic rings. The van der Waals surface area contributed by atoms with E-state index in [1.807, 2.05) is 13.0 Å². The van der Waals surface area contributed by atoms with Crippen LogP contribution in [0.1, 0.15) is 27.5 Å². The van der Waals surface area contributed by atoms with Crippen molar-refractivity contribution in [1.29, 1.82) is 0 Å². The molecule has 0 fully saturated rings. The number of ether oxygens (including phenoxy) is 1. The van der Waals surface area contributed by atoms with E-state index in [1.165, 1.54) is 7.11 Å². The Morgan fingerprint density at radius 1 is 1.26 bits per heavy atom. The molecule has 2 aromatic heterocycles. The summed E-state index contributed by atoms with van der Waals surface area (Å²) < 4.78 is 10.6. The fourth-order valence-corrected chi connectivity index (χ4v) is 2.61. The number of hydrogen-bond donors (Lipinski definition) is 2. The van der Waals surface area contributed by atoms with Gasteiger partial charge in [0, 0.05) is 16.8 Å². The fourth-order valence-electron chi connectivity index (χ4n) is 2.46. The third-order valence-electron chi connectivity index (χ3n) is 3.82. The topological polar surface area (TPSA) is 89.3 Å². The molecule has 140 valence electrons. The summed E-state index contributed by atoms with van der Waals surface area (Å²) in [5.41, 5.74) is 2.24. The highest BCUT2D eigenvalue weighted by Crippen LogP contribution is 2.31. The molecule has 0 saturated heterocycles. The maximum absolute atomic E-state index is 12.7. The van der Waals surface area contributed by atoms with E-state index in [4.69, 9.17) is 20.8 Å². The van der Waals surface area contributed by atoms with Gasteiger partial charge in [-0.05, 0) is 43.7 Å². The predicted molar refractivity (Wildman–Crippen MR) is 103 cm³/mol. The number of halogens is 1. The van der Waals surface area contributed by atoms with E-state index in [0.717, 1.165) is 11.3 Å². The Hall–Kier alpha value is -3.06. The lowest BCUT2D eigenvalue weighted by Crippen LogP contribution is -2.16. The maximum Gasteiger partial charge on any atom is 0.274 e. The van der Waals surface area contributed by atoms with E-state index in [2.05, 4.69) is 20.6 Å². The first-order chi connectivity index (χ1) is 13.0. The van der Waals surface area contributed by atoms with Crippen LogP contribution in [0.2, 0.25) is 5.02 Å². The van der Waals surface area contributed by atoms with Crippen molar-refractivity contribution >= 4 is 29.1 Å². The summed E-state index contributed by atoms with van der Waals surface area (Å²) in [7, 11) is 1.52. The SMILES string of the molecule is COc1cc(Cl)c(C)cc1NC(=O)c1cc(C)nc(NCc2ccco2)n1.